The summed E-state index contributed by atoms with van der Waals surface area (Å²) in [6, 6.07) is 11.8. The number of rotatable bonds is 8. The van der Waals surface area contributed by atoms with Crippen LogP contribution in [0.15, 0.2) is 46.0 Å². The molecule has 5 rings (SSSR count). The van der Waals surface area contributed by atoms with E-state index >= 15 is 0 Å². The molecule has 2 aromatic carbocycles. The van der Waals surface area contributed by atoms with Crippen molar-refractivity contribution in [1.29, 1.82) is 5.26 Å². The predicted octanol–water partition coefficient (Wildman–Crippen LogP) is 4.56. The van der Waals surface area contributed by atoms with Crippen LogP contribution >= 0.6 is 11.6 Å². The van der Waals surface area contributed by atoms with Crippen LogP contribution in [0, 0.1) is 23.2 Å². The smallest absolute Gasteiger partial charge is 0.324 e. The first-order valence-corrected chi connectivity index (χ1v) is 14.2. The standard InChI is InChI=1S/C30H32ClN5O4/c1-2-35-27-10-9-23(15-25(27)28(38)36(30(35)40)18-19-5-6-19)33-29(39)34-11-3-4-21(17-34)13-24(37)12-20-7-8-22(16-32)26(31)14-20/h7-10,14-15,19,21H,2-6,11-13,17-18H2,1H3,(H,33,39). The number of nitrogens with one attached hydrogen (secondary N) is 1. The summed E-state index contributed by atoms with van der Waals surface area (Å²) in [5.41, 5.74) is 1.57. The van der Waals surface area contributed by atoms with Crippen LogP contribution in [-0.2, 0) is 24.3 Å². The van der Waals surface area contributed by atoms with Crippen LogP contribution in [0.5, 0.6) is 0 Å². The lowest BCUT2D eigenvalue weighted by atomic mass is 9.91. The Morgan fingerprint density at radius 1 is 1.07 bits per heavy atom. The van der Waals surface area contributed by atoms with Gasteiger partial charge in [0.05, 0.1) is 21.5 Å². The molecule has 2 heterocycles. The van der Waals surface area contributed by atoms with E-state index in [1.165, 1.54) is 4.57 Å². The second kappa shape index (κ2) is 11.7. The zero-order valence-electron chi connectivity index (χ0n) is 22.5. The molecule has 9 nitrogen and oxygen atoms in total. The number of aryl methyl sites for hydroxylation is 1. The van der Waals surface area contributed by atoms with Crippen LogP contribution in [-0.4, -0.2) is 38.9 Å². The number of aromatic nitrogens is 2. The topological polar surface area (TPSA) is 117 Å². The predicted molar refractivity (Wildman–Crippen MR) is 154 cm³/mol. The van der Waals surface area contributed by atoms with E-state index in [9.17, 15) is 19.2 Å². The van der Waals surface area contributed by atoms with Gasteiger partial charge in [-0.3, -0.25) is 18.7 Å². The molecular weight excluding hydrogens is 530 g/mol. The summed E-state index contributed by atoms with van der Waals surface area (Å²) >= 11 is 6.10. The minimum absolute atomic E-state index is 0.0473. The molecule has 0 radical (unpaired) electrons. The number of carbonyl (C=O) groups excluding carboxylic acids is 2. The molecule has 10 heteroatoms. The fourth-order valence-corrected chi connectivity index (χ4v) is 5.77. The molecule has 1 saturated heterocycles. The third-order valence-corrected chi connectivity index (χ3v) is 8.12. The molecule has 2 aliphatic rings. The number of urea groups is 1. The third kappa shape index (κ3) is 5.97. The molecule has 2 fully saturated rings. The first-order chi connectivity index (χ1) is 19.3. The molecule has 3 aromatic rings. The summed E-state index contributed by atoms with van der Waals surface area (Å²) in [6.45, 7) is 3.79. The normalized spacial score (nSPS) is 17.0. The zero-order valence-corrected chi connectivity index (χ0v) is 23.2. The SMILES string of the molecule is CCn1c(=O)n(CC2CC2)c(=O)c2cc(NC(=O)N3CCCC(CC(=O)Cc4ccc(C#N)c(Cl)c4)C3)ccc21. The Balaban J connectivity index is 1.25. The number of hydrogen-bond donors (Lipinski definition) is 1. The van der Waals surface area contributed by atoms with Crippen LogP contribution in [0.3, 0.4) is 0 Å². The van der Waals surface area contributed by atoms with Crippen molar-refractivity contribution in [2.24, 2.45) is 11.8 Å². The lowest BCUT2D eigenvalue weighted by Crippen LogP contribution is -2.43. The number of halogens is 1. The maximum atomic E-state index is 13.2. The summed E-state index contributed by atoms with van der Waals surface area (Å²) in [5.74, 6) is 0.481. The number of benzene rings is 2. The lowest BCUT2D eigenvalue weighted by molar-refractivity contribution is -0.119. The Morgan fingerprint density at radius 3 is 2.58 bits per heavy atom. The van der Waals surface area contributed by atoms with Gasteiger partial charge in [0.2, 0.25) is 0 Å². The average Bonchev–Trinajstić information content (AvgIpc) is 3.76. The van der Waals surface area contributed by atoms with Gasteiger partial charge in [0.1, 0.15) is 11.9 Å². The van der Waals surface area contributed by atoms with E-state index < -0.39 is 0 Å². The van der Waals surface area contributed by atoms with Gasteiger partial charge in [0.15, 0.2) is 0 Å². The van der Waals surface area contributed by atoms with Crippen molar-refractivity contribution in [3.63, 3.8) is 0 Å². The Kier molecular flexibility index (Phi) is 8.08. The van der Waals surface area contributed by atoms with E-state index in [0.717, 1.165) is 31.2 Å². The maximum Gasteiger partial charge on any atom is 0.331 e. The summed E-state index contributed by atoms with van der Waals surface area (Å²) < 4.78 is 2.93. The van der Waals surface area contributed by atoms with Crippen molar-refractivity contribution >= 4 is 40.0 Å². The van der Waals surface area contributed by atoms with E-state index in [1.54, 1.807) is 45.9 Å². The number of ketones is 1. The monoisotopic (exact) mass is 561 g/mol. The van der Waals surface area contributed by atoms with Gasteiger partial charge in [-0.05, 0) is 80.3 Å². The second-order valence-electron chi connectivity index (χ2n) is 10.8. The minimum atomic E-state index is -0.326. The largest absolute Gasteiger partial charge is 0.331 e. The number of hydrogen-bond acceptors (Lipinski definition) is 5. The quantitative estimate of drug-likeness (QED) is 0.432. The molecule has 1 aliphatic heterocycles. The number of piperidine rings is 1. The molecule has 1 atom stereocenters. The second-order valence-corrected chi connectivity index (χ2v) is 11.3. The Hall–Kier alpha value is -3.90. The molecular formula is C30H32ClN5O4. The van der Waals surface area contributed by atoms with Crippen molar-refractivity contribution in [2.75, 3.05) is 18.4 Å². The Morgan fingerprint density at radius 2 is 1.88 bits per heavy atom. The van der Waals surface area contributed by atoms with Crippen molar-refractivity contribution in [3.05, 3.63) is 73.4 Å². The molecule has 1 unspecified atom stereocenters. The number of Topliss-reactive ketones (excluding diaryl/α,β-unsaturated/α-hetero) is 1. The minimum Gasteiger partial charge on any atom is -0.324 e. The van der Waals surface area contributed by atoms with E-state index in [-0.39, 0.29) is 35.4 Å². The molecule has 1 aromatic heterocycles. The van der Waals surface area contributed by atoms with Crippen LogP contribution in [0.2, 0.25) is 5.02 Å². The number of anilines is 1. The van der Waals surface area contributed by atoms with Gasteiger partial charge in [-0.2, -0.15) is 5.26 Å². The maximum absolute atomic E-state index is 13.2. The van der Waals surface area contributed by atoms with Gasteiger partial charge in [-0.15, -0.1) is 0 Å². The van der Waals surface area contributed by atoms with Gasteiger partial charge in [-0.1, -0.05) is 17.7 Å². The molecule has 2 amide bonds. The highest BCUT2D eigenvalue weighted by molar-refractivity contribution is 6.31. The highest BCUT2D eigenvalue weighted by Crippen LogP contribution is 2.30. The van der Waals surface area contributed by atoms with Crippen LogP contribution in [0.4, 0.5) is 10.5 Å². The van der Waals surface area contributed by atoms with Crippen molar-refractivity contribution in [1.82, 2.24) is 14.0 Å². The van der Waals surface area contributed by atoms with Crippen molar-refractivity contribution in [2.45, 2.75) is 58.5 Å². The van der Waals surface area contributed by atoms with Crippen LogP contribution in [0.1, 0.15) is 50.2 Å². The van der Waals surface area contributed by atoms with E-state index in [1.807, 2.05) is 13.0 Å². The van der Waals surface area contributed by atoms with Gasteiger partial charge in [-0.25, -0.2) is 9.59 Å². The summed E-state index contributed by atoms with van der Waals surface area (Å²) in [7, 11) is 0. The fourth-order valence-electron chi connectivity index (χ4n) is 5.53. The van der Waals surface area contributed by atoms with Gasteiger partial charge in [0, 0.05) is 44.7 Å². The van der Waals surface area contributed by atoms with Crippen molar-refractivity contribution in [3.8, 4) is 6.07 Å². The number of nitrogens with zero attached hydrogens (tertiary/aromatic N) is 4. The first kappa shape index (κ1) is 27.7. The molecule has 0 spiro atoms. The first-order valence-electron chi connectivity index (χ1n) is 13.8. The number of fused-ring (bicyclic) bond motifs is 1. The van der Waals surface area contributed by atoms with Gasteiger partial charge in [0.25, 0.3) is 5.56 Å². The van der Waals surface area contributed by atoms with Crippen LogP contribution < -0.4 is 16.6 Å². The van der Waals surface area contributed by atoms with Gasteiger partial charge >= 0.3 is 11.7 Å². The van der Waals surface area contributed by atoms with E-state index in [2.05, 4.69) is 5.32 Å². The van der Waals surface area contributed by atoms with Crippen LogP contribution in [0.25, 0.3) is 10.9 Å². The third-order valence-electron chi connectivity index (χ3n) is 7.81. The molecule has 1 N–H and O–H groups in total. The summed E-state index contributed by atoms with van der Waals surface area (Å²) in [5, 5.41) is 12.7. The van der Waals surface area contributed by atoms with Gasteiger partial charge < -0.3 is 10.2 Å². The highest BCUT2D eigenvalue weighted by atomic mass is 35.5. The van der Waals surface area contributed by atoms with E-state index in [0.29, 0.717) is 65.7 Å². The lowest BCUT2D eigenvalue weighted by Gasteiger charge is -2.32. The summed E-state index contributed by atoms with van der Waals surface area (Å²) in [6.07, 6.45) is 4.28. The molecule has 40 heavy (non-hydrogen) atoms. The zero-order chi connectivity index (χ0) is 28.4. The molecule has 1 aliphatic carbocycles. The molecule has 208 valence electrons. The Labute approximate surface area is 237 Å². The Bertz CT molecular complexity index is 1630. The fraction of sp³-hybridized carbons (Fsp3) is 0.433. The molecule has 1 saturated carbocycles. The van der Waals surface area contributed by atoms with Crippen molar-refractivity contribution < 1.29 is 9.59 Å². The number of nitriles is 1. The average molecular weight is 562 g/mol. The molecule has 0 bridgehead atoms. The highest BCUT2D eigenvalue weighted by Gasteiger charge is 2.27. The number of amides is 2. The summed E-state index contributed by atoms with van der Waals surface area (Å²) in [4.78, 5) is 53.8. The number of likely N-dealkylation sites (tertiary alicyclic amines) is 1. The number of carbonyl (C=O) groups is 2. The van der Waals surface area contributed by atoms with E-state index in [4.69, 9.17) is 16.9 Å².